The molecule has 0 unspecified atom stereocenters. The number of hydrogen-bond acceptors (Lipinski definition) is 6. The van der Waals surface area contributed by atoms with Gasteiger partial charge in [-0.15, -0.1) is 10.2 Å². The predicted molar refractivity (Wildman–Crippen MR) is 101 cm³/mol. The summed E-state index contributed by atoms with van der Waals surface area (Å²) in [5.41, 5.74) is 2.77. The molecule has 1 amide bonds. The summed E-state index contributed by atoms with van der Waals surface area (Å²) in [5, 5.41) is 11.2. The van der Waals surface area contributed by atoms with E-state index in [4.69, 9.17) is 9.15 Å². The molecule has 0 radical (unpaired) electrons. The molecule has 134 valence electrons. The van der Waals surface area contributed by atoms with Crippen LogP contribution in [0.2, 0.25) is 0 Å². The standard InChI is InChI=1S/C19H19N3O3S/c1-3-13-5-4-6-15(11-13)20-17(23)12-26-19-22-21-18(25-19)14-7-9-16(24-2)10-8-14/h4-11H,3,12H2,1-2H3,(H,20,23). The molecular weight excluding hydrogens is 350 g/mol. The van der Waals surface area contributed by atoms with E-state index in [1.165, 1.54) is 17.3 Å². The van der Waals surface area contributed by atoms with E-state index in [0.29, 0.717) is 11.1 Å². The van der Waals surface area contributed by atoms with Gasteiger partial charge in [-0.05, 0) is 48.4 Å². The van der Waals surface area contributed by atoms with E-state index in [1.807, 2.05) is 48.5 Å². The van der Waals surface area contributed by atoms with Crippen molar-refractivity contribution < 1.29 is 13.9 Å². The van der Waals surface area contributed by atoms with Crippen LogP contribution in [0.25, 0.3) is 11.5 Å². The highest BCUT2D eigenvalue weighted by Crippen LogP contribution is 2.25. The highest BCUT2D eigenvalue weighted by molar-refractivity contribution is 7.99. The Morgan fingerprint density at radius 1 is 1.19 bits per heavy atom. The summed E-state index contributed by atoms with van der Waals surface area (Å²) < 4.78 is 10.7. The van der Waals surface area contributed by atoms with Gasteiger partial charge in [0.05, 0.1) is 12.9 Å². The molecular formula is C19H19N3O3S. The monoisotopic (exact) mass is 369 g/mol. The first-order valence-corrected chi connectivity index (χ1v) is 9.16. The number of ether oxygens (including phenoxy) is 1. The van der Waals surface area contributed by atoms with Gasteiger partial charge in [-0.2, -0.15) is 0 Å². The molecule has 0 aliphatic rings. The molecule has 0 bridgehead atoms. The van der Waals surface area contributed by atoms with Gasteiger partial charge in [-0.3, -0.25) is 4.79 Å². The number of thioether (sulfide) groups is 1. The second kappa shape index (κ2) is 8.53. The van der Waals surface area contributed by atoms with Gasteiger partial charge < -0.3 is 14.5 Å². The Morgan fingerprint density at radius 3 is 2.73 bits per heavy atom. The van der Waals surface area contributed by atoms with Crippen LogP contribution in [0.4, 0.5) is 5.69 Å². The molecule has 26 heavy (non-hydrogen) atoms. The summed E-state index contributed by atoms with van der Waals surface area (Å²) in [6.45, 7) is 2.08. The zero-order valence-electron chi connectivity index (χ0n) is 14.6. The number of aryl methyl sites for hydroxylation is 1. The van der Waals surface area contributed by atoms with Crippen LogP contribution in [0.15, 0.2) is 58.2 Å². The van der Waals surface area contributed by atoms with E-state index in [1.54, 1.807) is 7.11 Å². The number of nitrogens with one attached hydrogen (secondary N) is 1. The quantitative estimate of drug-likeness (QED) is 0.634. The van der Waals surface area contributed by atoms with Crippen LogP contribution in [0.5, 0.6) is 5.75 Å². The van der Waals surface area contributed by atoms with E-state index < -0.39 is 0 Å². The molecule has 0 saturated heterocycles. The van der Waals surface area contributed by atoms with E-state index in [-0.39, 0.29) is 11.7 Å². The molecule has 0 atom stereocenters. The Bertz CT molecular complexity index is 878. The molecule has 6 nitrogen and oxygen atoms in total. The van der Waals surface area contributed by atoms with Crippen molar-refractivity contribution in [2.45, 2.75) is 18.6 Å². The lowest BCUT2D eigenvalue weighted by molar-refractivity contribution is -0.113. The Morgan fingerprint density at radius 2 is 2.00 bits per heavy atom. The molecule has 1 aromatic heterocycles. The van der Waals surface area contributed by atoms with Gasteiger partial charge in [-0.25, -0.2) is 0 Å². The van der Waals surface area contributed by atoms with Crippen LogP contribution in [-0.4, -0.2) is 29.0 Å². The number of carbonyl (C=O) groups is 1. The minimum Gasteiger partial charge on any atom is -0.497 e. The number of anilines is 1. The van der Waals surface area contributed by atoms with Crippen molar-refractivity contribution in [3.8, 4) is 17.2 Å². The zero-order chi connectivity index (χ0) is 18.4. The van der Waals surface area contributed by atoms with Crippen LogP contribution < -0.4 is 10.1 Å². The third-order valence-corrected chi connectivity index (χ3v) is 4.51. The largest absolute Gasteiger partial charge is 0.497 e. The zero-order valence-corrected chi connectivity index (χ0v) is 15.4. The lowest BCUT2D eigenvalue weighted by Gasteiger charge is -2.05. The second-order valence-corrected chi connectivity index (χ2v) is 6.42. The maximum atomic E-state index is 12.1. The van der Waals surface area contributed by atoms with Gasteiger partial charge in [0.1, 0.15) is 5.75 Å². The smallest absolute Gasteiger partial charge is 0.277 e. The first-order chi connectivity index (χ1) is 12.7. The minimum atomic E-state index is -0.118. The Kier molecular flexibility index (Phi) is 5.91. The Balaban J connectivity index is 1.56. The number of carbonyl (C=O) groups excluding carboxylic acids is 1. The molecule has 0 aliphatic heterocycles. The third kappa shape index (κ3) is 4.64. The molecule has 0 spiro atoms. The number of nitrogens with zero attached hydrogens (tertiary/aromatic N) is 2. The molecule has 0 saturated carbocycles. The number of aromatic nitrogens is 2. The van der Waals surface area contributed by atoms with Crippen molar-refractivity contribution in [3.05, 3.63) is 54.1 Å². The third-order valence-electron chi connectivity index (χ3n) is 3.69. The van der Waals surface area contributed by atoms with Crippen molar-refractivity contribution in [3.63, 3.8) is 0 Å². The summed E-state index contributed by atoms with van der Waals surface area (Å²) in [6, 6.07) is 15.1. The SMILES string of the molecule is CCc1cccc(NC(=O)CSc2nnc(-c3ccc(OC)cc3)o2)c1. The van der Waals surface area contributed by atoms with Crippen molar-refractivity contribution in [1.29, 1.82) is 0 Å². The summed E-state index contributed by atoms with van der Waals surface area (Å²) in [6.07, 6.45) is 0.925. The first kappa shape index (κ1) is 18.0. The number of amides is 1. The second-order valence-electron chi connectivity index (χ2n) is 5.49. The molecule has 1 N–H and O–H groups in total. The summed E-state index contributed by atoms with van der Waals surface area (Å²) in [7, 11) is 1.61. The minimum absolute atomic E-state index is 0.118. The number of hydrogen-bond donors (Lipinski definition) is 1. The van der Waals surface area contributed by atoms with Crippen LogP contribution in [0, 0.1) is 0 Å². The van der Waals surface area contributed by atoms with Gasteiger partial charge in [0.25, 0.3) is 5.22 Å². The van der Waals surface area contributed by atoms with Crippen LogP contribution in [0.3, 0.4) is 0 Å². The summed E-state index contributed by atoms with van der Waals surface area (Å²) >= 11 is 1.20. The van der Waals surface area contributed by atoms with Crippen molar-refractivity contribution >= 4 is 23.4 Å². The molecule has 7 heteroatoms. The fourth-order valence-electron chi connectivity index (χ4n) is 2.31. The summed E-state index contributed by atoms with van der Waals surface area (Å²) in [5.74, 6) is 1.24. The topological polar surface area (TPSA) is 77.2 Å². The van der Waals surface area contributed by atoms with Gasteiger partial charge in [0, 0.05) is 11.3 Å². The van der Waals surface area contributed by atoms with Crippen molar-refractivity contribution in [1.82, 2.24) is 10.2 Å². The molecule has 0 fully saturated rings. The van der Waals surface area contributed by atoms with Gasteiger partial charge >= 0.3 is 0 Å². The highest BCUT2D eigenvalue weighted by Gasteiger charge is 2.11. The number of rotatable bonds is 7. The van der Waals surface area contributed by atoms with Gasteiger partial charge in [-0.1, -0.05) is 30.8 Å². The predicted octanol–water partition coefficient (Wildman–Crippen LogP) is 4.04. The van der Waals surface area contributed by atoms with E-state index in [2.05, 4.69) is 22.4 Å². The van der Waals surface area contributed by atoms with Crippen molar-refractivity contribution in [2.24, 2.45) is 0 Å². The highest BCUT2D eigenvalue weighted by atomic mass is 32.2. The average Bonchev–Trinajstić information content (AvgIpc) is 3.15. The lowest BCUT2D eigenvalue weighted by atomic mass is 10.1. The molecule has 3 rings (SSSR count). The maximum Gasteiger partial charge on any atom is 0.277 e. The van der Waals surface area contributed by atoms with E-state index in [0.717, 1.165) is 23.4 Å². The normalized spacial score (nSPS) is 10.5. The lowest BCUT2D eigenvalue weighted by Crippen LogP contribution is -2.14. The fraction of sp³-hybridized carbons (Fsp3) is 0.211. The first-order valence-electron chi connectivity index (χ1n) is 8.17. The molecule has 1 heterocycles. The molecule has 2 aromatic carbocycles. The van der Waals surface area contributed by atoms with Crippen LogP contribution in [0.1, 0.15) is 12.5 Å². The Labute approximate surface area is 156 Å². The number of methoxy groups -OCH3 is 1. The average molecular weight is 369 g/mol. The molecule has 3 aromatic rings. The fourth-order valence-corrected chi connectivity index (χ4v) is 2.87. The Hall–Kier alpha value is -2.80. The van der Waals surface area contributed by atoms with Crippen LogP contribution >= 0.6 is 11.8 Å². The van der Waals surface area contributed by atoms with E-state index in [9.17, 15) is 4.79 Å². The van der Waals surface area contributed by atoms with Crippen LogP contribution in [-0.2, 0) is 11.2 Å². The van der Waals surface area contributed by atoms with E-state index >= 15 is 0 Å². The van der Waals surface area contributed by atoms with Gasteiger partial charge in [0.15, 0.2) is 0 Å². The van der Waals surface area contributed by atoms with Crippen molar-refractivity contribution in [2.75, 3.05) is 18.2 Å². The number of benzene rings is 2. The van der Waals surface area contributed by atoms with Gasteiger partial charge in [0.2, 0.25) is 11.8 Å². The summed E-state index contributed by atoms with van der Waals surface area (Å²) in [4.78, 5) is 12.1. The maximum absolute atomic E-state index is 12.1. The molecule has 0 aliphatic carbocycles.